The van der Waals surface area contributed by atoms with E-state index in [0.717, 1.165) is 11.0 Å². The van der Waals surface area contributed by atoms with Crippen LogP contribution in [0.2, 0.25) is 0 Å². The molecule has 0 unspecified atom stereocenters. The number of nitrogen functional groups attached to an aromatic ring is 1. The van der Waals surface area contributed by atoms with E-state index in [1.54, 1.807) is 0 Å². The number of rotatable bonds is 5. The van der Waals surface area contributed by atoms with E-state index < -0.39 is 0 Å². The van der Waals surface area contributed by atoms with Gasteiger partial charge in [0.15, 0.2) is 5.82 Å². The molecule has 1 heterocycles. The van der Waals surface area contributed by atoms with Crippen molar-refractivity contribution >= 4 is 16.9 Å². The molecule has 0 fully saturated rings. The Morgan fingerprint density at radius 3 is 2.44 bits per heavy atom. The average Bonchev–Trinajstić information content (AvgIpc) is 2.34. The summed E-state index contributed by atoms with van der Waals surface area (Å²) in [5.74, 6) is 0.666. The molecular weight excluding hydrogens is 230 g/mol. The number of fused-ring (bicyclic) bond motifs is 1. The highest BCUT2D eigenvalue weighted by Gasteiger charge is 2.06. The molecule has 0 aliphatic carbocycles. The van der Waals surface area contributed by atoms with Gasteiger partial charge >= 0.3 is 0 Å². The fourth-order valence-electron chi connectivity index (χ4n) is 1.53. The van der Waals surface area contributed by atoms with Crippen LogP contribution < -0.4 is 10.5 Å². The Hall–Kier alpha value is -1.88. The first-order chi connectivity index (χ1) is 8.66. The number of benzene rings is 1. The van der Waals surface area contributed by atoms with E-state index in [2.05, 4.69) is 9.97 Å². The topological polar surface area (TPSA) is 70.3 Å². The number of ether oxygens (including phenoxy) is 2. The molecule has 0 bridgehead atoms. The van der Waals surface area contributed by atoms with Gasteiger partial charge in [-0.3, -0.25) is 0 Å². The van der Waals surface area contributed by atoms with Crippen LogP contribution in [-0.2, 0) is 4.74 Å². The minimum absolute atomic E-state index is 0.189. The van der Waals surface area contributed by atoms with Crippen LogP contribution in [0.3, 0.4) is 0 Å². The van der Waals surface area contributed by atoms with Gasteiger partial charge in [0.05, 0.1) is 23.7 Å². The van der Waals surface area contributed by atoms with Crippen molar-refractivity contribution in [1.29, 1.82) is 0 Å². The lowest BCUT2D eigenvalue weighted by molar-refractivity contribution is 0.0544. The van der Waals surface area contributed by atoms with E-state index in [1.165, 1.54) is 0 Å². The standard InChI is InChI=1S/C13H17N3O2/c1-9(2)17-7-8-18-13-12(14)15-10-5-3-4-6-11(10)16-13/h3-6,9H,7-8H2,1-2H3,(H2,14,15). The quantitative estimate of drug-likeness (QED) is 0.818. The molecule has 1 aromatic carbocycles. The third-order valence-corrected chi connectivity index (χ3v) is 2.34. The highest BCUT2D eigenvalue weighted by Crippen LogP contribution is 2.20. The van der Waals surface area contributed by atoms with E-state index >= 15 is 0 Å². The Bertz CT molecular complexity index is 529. The first-order valence-electron chi connectivity index (χ1n) is 5.93. The molecule has 1 aromatic heterocycles. The van der Waals surface area contributed by atoms with Gasteiger partial charge in [-0.25, -0.2) is 9.97 Å². The van der Waals surface area contributed by atoms with Crippen molar-refractivity contribution in [2.24, 2.45) is 0 Å². The summed E-state index contributed by atoms with van der Waals surface area (Å²) in [7, 11) is 0. The Kier molecular flexibility index (Phi) is 3.94. The molecule has 0 radical (unpaired) electrons. The van der Waals surface area contributed by atoms with Crippen molar-refractivity contribution in [1.82, 2.24) is 9.97 Å². The molecule has 2 N–H and O–H groups in total. The van der Waals surface area contributed by atoms with Crippen LogP contribution >= 0.6 is 0 Å². The van der Waals surface area contributed by atoms with Crippen LogP contribution in [0.4, 0.5) is 5.82 Å². The lowest BCUT2D eigenvalue weighted by Crippen LogP contribution is -2.13. The number of anilines is 1. The van der Waals surface area contributed by atoms with Gasteiger partial charge in [0.1, 0.15) is 6.61 Å². The van der Waals surface area contributed by atoms with Crippen LogP contribution in [0.5, 0.6) is 5.88 Å². The van der Waals surface area contributed by atoms with Crippen molar-refractivity contribution in [3.05, 3.63) is 24.3 Å². The van der Waals surface area contributed by atoms with Crippen molar-refractivity contribution in [2.75, 3.05) is 18.9 Å². The van der Waals surface area contributed by atoms with Gasteiger partial charge in [-0.05, 0) is 26.0 Å². The van der Waals surface area contributed by atoms with Gasteiger partial charge in [0.25, 0.3) is 5.88 Å². The van der Waals surface area contributed by atoms with Crippen LogP contribution in [0, 0.1) is 0 Å². The van der Waals surface area contributed by atoms with E-state index in [1.807, 2.05) is 38.1 Å². The highest BCUT2D eigenvalue weighted by molar-refractivity contribution is 5.76. The van der Waals surface area contributed by atoms with Crippen molar-refractivity contribution in [3.63, 3.8) is 0 Å². The first-order valence-corrected chi connectivity index (χ1v) is 5.93. The van der Waals surface area contributed by atoms with E-state index in [9.17, 15) is 0 Å². The summed E-state index contributed by atoms with van der Waals surface area (Å²) in [4.78, 5) is 8.57. The van der Waals surface area contributed by atoms with Gasteiger partial charge in [-0.1, -0.05) is 12.1 Å². The molecule has 0 aliphatic rings. The molecule has 2 aromatic rings. The van der Waals surface area contributed by atoms with E-state index in [-0.39, 0.29) is 6.10 Å². The third kappa shape index (κ3) is 3.07. The zero-order chi connectivity index (χ0) is 13.0. The molecule has 96 valence electrons. The largest absolute Gasteiger partial charge is 0.473 e. The summed E-state index contributed by atoms with van der Waals surface area (Å²) in [6.07, 6.45) is 0.189. The molecular formula is C13H17N3O2. The zero-order valence-corrected chi connectivity index (χ0v) is 10.6. The van der Waals surface area contributed by atoms with Gasteiger partial charge in [-0.2, -0.15) is 0 Å². The second-order valence-electron chi connectivity index (χ2n) is 4.17. The predicted octanol–water partition coefficient (Wildman–Crippen LogP) is 2.02. The molecule has 0 aliphatic heterocycles. The summed E-state index contributed by atoms with van der Waals surface area (Å²) in [6.45, 7) is 4.87. The van der Waals surface area contributed by atoms with Crippen LogP contribution in [-0.4, -0.2) is 29.3 Å². The Balaban J connectivity index is 2.06. The van der Waals surface area contributed by atoms with Crippen molar-refractivity contribution in [2.45, 2.75) is 20.0 Å². The fraction of sp³-hybridized carbons (Fsp3) is 0.385. The summed E-state index contributed by atoms with van der Waals surface area (Å²) >= 11 is 0. The SMILES string of the molecule is CC(C)OCCOc1nc2ccccc2nc1N. The van der Waals surface area contributed by atoms with Gasteiger partial charge in [0, 0.05) is 0 Å². The molecule has 18 heavy (non-hydrogen) atoms. The summed E-state index contributed by atoms with van der Waals surface area (Å²) < 4.78 is 10.8. The monoisotopic (exact) mass is 247 g/mol. The van der Waals surface area contributed by atoms with Gasteiger partial charge in [-0.15, -0.1) is 0 Å². The molecule has 0 saturated heterocycles. The molecule has 5 nitrogen and oxygen atoms in total. The Morgan fingerprint density at radius 1 is 1.11 bits per heavy atom. The minimum Gasteiger partial charge on any atom is -0.473 e. The maximum atomic E-state index is 5.79. The van der Waals surface area contributed by atoms with Crippen molar-refractivity contribution in [3.8, 4) is 5.88 Å². The Labute approximate surface area is 106 Å². The van der Waals surface area contributed by atoms with Crippen LogP contribution in [0.15, 0.2) is 24.3 Å². The summed E-state index contributed by atoms with van der Waals surface area (Å²) in [5.41, 5.74) is 7.32. The number of nitrogens with two attached hydrogens (primary N) is 1. The second kappa shape index (κ2) is 5.64. The van der Waals surface area contributed by atoms with Crippen molar-refractivity contribution < 1.29 is 9.47 Å². The highest BCUT2D eigenvalue weighted by atomic mass is 16.5. The maximum absolute atomic E-state index is 5.79. The minimum atomic E-state index is 0.189. The molecule has 0 atom stereocenters. The Morgan fingerprint density at radius 2 is 1.78 bits per heavy atom. The maximum Gasteiger partial charge on any atom is 0.257 e. The first kappa shape index (κ1) is 12.6. The average molecular weight is 247 g/mol. The fourth-order valence-corrected chi connectivity index (χ4v) is 1.53. The molecule has 5 heteroatoms. The normalized spacial score (nSPS) is 11.1. The predicted molar refractivity (Wildman–Crippen MR) is 70.5 cm³/mol. The number of aromatic nitrogens is 2. The lowest BCUT2D eigenvalue weighted by atomic mass is 10.3. The lowest BCUT2D eigenvalue weighted by Gasteiger charge is -2.10. The molecule has 2 rings (SSSR count). The van der Waals surface area contributed by atoms with Gasteiger partial charge in [0.2, 0.25) is 0 Å². The number of hydrogen-bond donors (Lipinski definition) is 1. The second-order valence-corrected chi connectivity index (χ2v) is 4.17. The summed E-state index contributed by atoms with van der Waals surface area (Å²) in [6, 6.07) is 7.54. The number of hydrogen-bond acceptors (Lipinski definition) is 5. The van der Waals surface area contributed by atoms with Gasteiger partial charge < -0.3 is 15.2 Å². The van der Waals surface area contributed by atoms with E-state index in [0.29, 0.717) is 24.9 Å². The number of nitrogens with zero attached hydrogens (tertiary/aromatic N) is 2. The molecule has 0 spiro atoms. The zero-order valence-electron chi connectivity index (χ0n) is 10.6. The number of para-hydroxylation sites is 2. The molecule has 0 saturated carbocycles. The summed E-state index contributed by atoms with van der Waals surface area (Å²) in [5, 5.41) is 0. The molecule has 0 amide bonds. The third-order valence-electron chi connectivity index (χ3n) is 2.34. The van der Waals surface area contributed by atoms with Crippen LogP contribution in [0.1, 0.15) is 13.8 Å². The van der Waals surface area contributed by atoms with E-state index in [4.69, 9.17) is 15.2 Å². The van der Waals surface area contributed by atoms with Crippen LogP contribution in [0.25, 0.3) is 11.0 Å². The smallest absolute Gasteiger partial charge is 0.257 e.